The van der Waals surface area contributed by atoms with E-state index >= 15 is 4.39 Å². The van der Waals surface area contributed by atoms with Crippen molar-refractivity contribution in [1.82, 2.24) is 0 Å². The number of rotatable bonds is 8. The van der Waals surface area contributed by atoms with E-state index in [1.165, 1.54) is 55.2 Å². The Bertz CT molecular complexity index is 1070. The number of ether oxygens (including phenoxy) is 1. The fourth-order valence-electron chi connectivity index (χ4n) is 4.30. The zero-order valence-corrected chi connectivity index (χ0v) is 17.4. The Morgan fingerprint density at radius 1 is 0.903 bits per heavy atom. The number of unbranched alkanes of at least 4 members (excludes halogenated alkanes) is 3. The van der Waals surface area contributed by atoms with E-state index in [0.29, 0.717) is 17.5 Å². The minimum atomic E-state index is -2.95. The zero-order chi connectivity index (χ0) is 22.0. The number of halogens is 4. The molecule has 1 aliphatic rings. The molecule has 0 fully saturated rings. The van der Waals surface area contributed by atoms with Crippen molar-refractivity contribution in [2.75, 3.05) is 0 Å². The first-order valence-corrected chi connectivity index (χ1v) is 10.7. The molecule has 1 nitrogen and oxygen atoms in total. The Hall–Kier alpha value is -2.82. The third-order valence-electron chi connectivity index (χ3n) is 5.83. The van der Waals surface area contributed by atoms with Gasteiger partial charge in [-0.05, 0) is 58.9 Å². The second-order valence-electron chi connectivity index (χ2n) is 7.96. The molecule has 0 saturated carbocycles. The van der Waals surface area contributed by atoms with Gasteiger partial charge in [0.25, 0.3) is 0 Å². The van der Waals surface area contributed by atoms with Crippen molar-refractivity contribution in [1.29, 1.82) is 0 Å². The van der Waals surface area contributed by atoms with E-state index < -0.39 is 18.2 Å². The van der Waals surface area contributed by atoms with Gasteiger partial charge in [0, 0.05) is 12.0 Å². The summed E-state index contributed by atoms with van der Waals surface area (Å²) in [5, 5.41) is 0. The fourth-order valence-corrected chi connectivity index (χ4v) is 4.30. The van der Waals surface area contributed by atoms with Crippen molar-refractivity contribution in [3.63, 3.8) is 0 Å². The predicted octanol–water partition coefficient (Wildman–Crippen LogP) is 7.93. The van der Waals surface area contributed by atoms with Gasteiger partial charge in [-0.3, -0.25) is 0 Å². The van der Waals surface area contributed by atoms with Gasteiger partial charge in [0.15, 0.2) is 0 Å². The van der Waals surface area contributed by atoms with Gasteiger partial charge in [-0.1, -0.05) is 56.5 Å². The second kappa shape index (κ2) is 9.13. The molecule has 1 aliphatic carbocycles. The highest BCUT2D eigenvalue weighted by molar-refractivity contribution is 5.81. The quantitative estimate of drug-likeness (QED) is 0.205. The van der Waals surface area contributed by atoms with E-state index in [-0.39, 0.29) is 16.9 Å². The first-order chi connectivity index (χ1) is 15.0. The van der Waals surface area contributed by atoms with Crippen molar-refractivity contribution in [3.05, 3.63) is 76.9 Å². The molecular formula is C26H24F4O. The molecule has 0 spiro atoms. The van der Waals surface area contributed by atoms with Crippen LogP contribution in [-0.2, 0) is 12.8 Å². The lowest BCUT2D eigenvalue weighted by molar-refractivity contribution is -0.0498. The van der Waals surface area contributed by atoms with Crippen LogP contribution in [0.5, 0.6) is 5.75 Å². The average Bonchev–Trinajstić information content (AvgIpc) is 3.10. The summed E-state index contributed by atoms with van der Waals surface area (Å²) in [6.07, 6.45) is 6.13. The molecule has 4 rings (SSSR count). The van der Waals surface area contributed by atoms with E-state index in [4.69, 9.17) is 0 Å². The number of aryl methyl sites for hydroxylation is 1. The van der Waals surface area contributed by atoms with Gasteiger partial charge < -0.3 is 4.74 Å². The van der Waals surface area contributed by atoms with Crippen molar-refractivity contribution in [3.8, 4) is 28.0 Å². The molecule has 0 unspecified atom stereocenters. The molecule has 0 heterocycles. The smallest absolute Gasteiger partial charge is 0.387 e. The lowest BCUT2D eigenvalue weighted by Crippen LogP contribution is -2.02. The Labute approximate surface area is 179 Å². The van der Waals surface area contributed by atoms with Gasteiger partial charge in [-0.15, -0.1) is 0 Å². The van der Waals surface area contributed by atoms with Crippen LogP contribution in [0.3, 0.4) is 0 Å². The number of benzene rings is 3. The minimum Gasteiger partial charge on any atom is -0.435 e. The third kappa shape index (κ3) is 4.46. The average molecular weight is 428 g/mol. The normalized spacial score (nSPS) is 12.2. The van der Waals surface area contributed by atoms with Crippen LogP contribution in [0.2, 0.25) is 0 Å². The third-order valence-corrected chi connectivity index (χ3v) is 5.83. The summed E-state index contributed by atoms with van der Waals surface area (Å²) >= 11 is 0. The summed E-state index contributed by atoms with van der Waals surface area (Å²) in [5.74, 6) is -1.33. The molecule has 3 aromatic rings. The molecule has 31 heavy (non-hydrogen) atoms. The zero-order valence-electron chi connectivity index (χ0n) is 17.4. The van der Waals surface area contributed by atoms with Crippen LogP contribution in [0.25, 0.3) is 22.3 Å². The highest BCUT2D eigenvalue weighted by atomic mass is 19.3. The molecule has 5 heteroatoms. The van der Waals surface area contributed by atoms with Crippen LogP contribution in [0.1, 0.15) is 49.3 Å². The number of hydrogen-bond acceptors (Lipinski definition) is 1. The maximum atomic E-state index is 15.4. The maximum Gasteiger partial charge on any atom is 0.387 e. The lowest BCUT2D eigenvalue weighted by Gasteiger charge is -2.11. The summed E-state index contributed by atoms with van der Waals surface area (Å²) in [4.78, 5) is 0. The van der Waals surface area contributed by atoms with Crippen LogP contribution in [0.4, 0.5) is 17.6 Å². The van der Waals surface area contributed by atoms with Gasteiger partial charge >= 0.3 is 6.61 Å². The van der Waals surface area contributed by atoms with E-state index in [1.54, 1.807) is 0 Å². The van der Waals surface area contributed by atoms with Gasteiger partial charge in [0.05, 0.1) is 5.56 Å². The van der Waals surface area contributed by atoms with Crippen LogP contribution in [0.15, 0.2) is 48.5 Å². The standard InChI is InChI=1S/C26H24F4O/c1-2-3-4-5-6-16-7-12-20-18(13-16)14-22-21(20)15-23(27)24(25(22)28)17-8-10-19(11-9-17)31-26(29)30/h7-13,15,26H,2-6,14H2,1H3. The summed E-state index contributed by atoms with van der Waals surface area (Å²) < 4.78 is 59.3. The lowest BCUT2D eigenvalue weighted by atomic mass is 9.97. The topological polar surface area (TPSA) is 9.23 Å². The number of fused-ring (bicyclic) bond motifs is 3. The van der Waals surface area contributed by atoms with Gasteiger partial charge in [-0.2, -0.15) is 8.78 Å². The molecule has 0 atom stereocenters. The predicted molar refractivity (Wildman–Crippen MR) is 115 cm³/mol. The second-order valence-corrected chi connectivity index (χ2v) is 7.96. The monoisotopic (exact) mass is 428 g/mol. The van der Waals surface area contributed by atoms with Gasteiger partial charge in [0.2, 0.25) is 0 Å². The molecule has 0 amide bonds. The molecule has 162 valence electrons. The van der Waals surface area contributed by atoms with Crippen molar-refractivity contribution < 1.29 is 22.3 Å². The van der Waals surface area contributed by atoms with E-state index in [1.807, 2.05) is 12.1 Å². The largest absolute Gasteiger partial charge is 0.435 e. The van der Waals surface area contributed by atoms with Gasteiger partial charge in [-0.25, -0.2) is 8.78 Å². The van der Waals surface area contributed by atoms with E-state index in [0.717, 1.165) is 24.0 Å². The summed E-state index contributed by atoms with van der Waals surface area (Å²) in [6.45, 7) is -0.769. The van der Waals surface area contributed by atoms with Crippen LogP contribution < -0.4 is 4.74 Å². The van der Waals surface area contributed by atoms with Gasteiger partial charge in [0.1, 0.15) is 17.4 Å². The summed E-state index contributed by atoms with van der Waals surface area (Å²) in [5.41, 5.74) is 4.31. The summed E-state index contributed by atoms with van der Waals surface area (Å²) in [7, 11) is 0. The Morgan fingerprint density at radius 2 is 1.68 bits per heavy atom. The Kier molecular flexibility index (Phi) is 6.30. The Balaban J connectivity index is 1.61. The number of alkyl halides is 2. The maximum absolute atomic E-state index is 15.4. The van der Waals surface area contributed by atoms with E-state index in [2.05, 4.69) is 17.7 Å². The molecule has 0 radical (unpaired) electrons. The first kappa shape index (κ1) is 21.4. The highest BCUT2D eigenvalue weighted by Gasteiger charge is 2.27. The molecule has 0 aromatic heterocycles. The molecular weight excluding hydrogens is 404 g/mol. The van der Waals surface area contributed by atoms with Crippen molar-refractivity contribution in [2.45, 2.75) is 52.1 Å². The molecule has 0 aliphatic heterocycles. The molecule has 3 aromatic carbocycles. The van der Waals surface area contributed by atoms with Crippen molar-refractivity contribution in [2.24, 2.45) is 0 Å². The summed E-state index contributed by atoms with van der Waals surface area (Å²) in [6, 6.07) is 12.8. The molecule has 0 saturated heterocycles. The van der Waals surface area contributed by atoms with Crippen LogP contribution >= 0.6 is 0 Å². The number of hydrogen-bond donors (Lipinski definition) is 0. The fraction of sp³-hybridized carbons (Fsp3) is 0.308. The molecule has 0 N–H and O–H groups in total. The van der Waals surface area contributed by atoms with Crippen LogP contribution in [-0.4, -0.2) is 6.61 Å². The van der Waals surface area contributed by atoms with E-state index in [9.17, 15) is 13.2 Å². The SMILES string of the molecule is CCCCCCc1ccc2c(c1)Cc1c-2cc(F)c(-c2ccc(OC(F)F)cc2)c1F. The van der Waals surface area contributed by atoms with Crippen LogP contribution in [0, 0.1) is 11.6 Å². The minimum absolute atomic E-state index is 0.0559. The Morgan fingerprint density at radius 3 is 2.39 bits per heavy atom. The van der Waals surface area contributed by atoms with Crippen molar-refractivity contribution >= 4 is 0 Å². The first-order valence-electron chi connectivity index (χ1n) is 10.7. The highest BCUT2D eigenvalue weighted by Crippen LogP contribution is 2.42. The molecule has 0 bridgehead atoms.